The molecule has 32 heavy (non-hydrogen) atoms. The van der Waals surface area contributed by atoms with Gasteiger partial charge in [0.2, 0.25) is 21.8 Å². The largest absolute Gasteiger partial charge is 0.382 e. The van der Waals surface area contributed by atoms with Gasteiger partial charge >= 0.3 is 0 Å². The molecule has 2 amide bonds. The summed E-state index contributed by atoms with van der Waals surface area (Å²) in [7, 11) is -3.64. The van der Waals surface area contributed by atoms with Crippen molar-refractivity contribution in [2.24, 2.45) is 5.92 Å². The number of rotatable bonds is 10. The molecular formula is C22H26ClN3O5S. The Morgan fingerprint density at radius 2 is 1.84 bits per heavy atom. The number of ether oxygens (including phenoxy) is 1. The van der Waals surface area contributed by atoms with E-state index in [-0.39, 0.29) is 36.2 Å². The molecule has 0 aromatic heterocycles. The van der Waals surface area contributed by atoms with Gasteiger partial charge in [0, 0.05) is 49.1 Å². The van der Waals surface area contributed by atoms with Gasteiger partial charge < -0.3 is 15.0 Å². The van der Waals surface area contributed by atoms with Crippen LogP contribution in [0.25, 0.3) is 0 Å². The number of halogens is 1. The number of anilines is 2. The molecule has 10 heteroatoms. The van der Waals surface area contributed by atoms with Crippen LogP contribution in [0.1, 0.15) is 19.8 Å². The van der Waals surface area contributed by atoms with E-state index < -0.39 is 15.9 Å². The molecule has 1 aliphatic rings. The number of hydrogen-bond donors (Lipinski definition) is 2. The first-order valence-corrected chi connectivity index (χ1v) is 12.2. The summed E-state index contributed by atoms with van der Waals surface area (Å²) in [6.07, 6.45) is 0.681. The number of nitrogens with zero attached hydrogens (tertiary/aromatic N) is 1. The van der Waals surface area contributed by atoms with Gasteiger partial charge in [0.25, 0.3) is 0 Å². The van der Waals surface area contributed by atoms with Gasteiger partial charge in [0.15, 0.2) is 0 Å². The van der Waals surface area contributed by atoms with Crippen LogP contribution in [0.3, 0.4) is 0 Å². The van der Waals surface area contributed by atoms with E-state index in [0.29, 0.717) is 36.0 Å². The third kappa shape index (κ3) is 6.29. The second-order valence-corrected chi connectivity index (χ2v) is 9.55. The number of sulfonamides is 1. The smallest absolute Gasteiger partial charge is 0.240 e. The summed E-state index contributed by atoms with van der Waals surface area (Å²) >= 11 is 5.89. The van der Waals surface area contributed by atoms with E-state index in [0.717, 1.165) is 0 Å². The molecule has 1 heterocycles. The first-order valence-electron chi connectivity index (χ1n) is 10.3. The van der Waals surface area contributed by atoms with Crippen LogP contribution in [0.15, 0.2) is 53.4 Å². The third-order valence-corrected chi connectivity index (χ3v) is 6.76. The average Bonchev–Trinajstić information content (AvgIpc) is 3.16. The molecule has 172 valence electrons. The van der Waals surface area contributed by atoms with Crippen molar-refractivity contribution in [1.29, 1.82) is 0 Å². The molecule has 1 aliphatic heterocycles. The van der Waals surface area contributed by atoms with E-state index in [1.54, 1.807) is 29.2 Å². The fraction of sp³-hybridized carbons (Fsp3) is 0.364. The van der Waals surface area contributed by atoms with Gasteiger partial charge in [-0.3, -0.25) is 9.59 Å². The van der Waals surface area contributed by atoms with Crippen LogP contribution >= 0.6 is 11.6 Å². The Labute approximate surface area is 192 Å². The molecule has 2 aromatic rings. The van der Waals surface area contributed by atoms with Gasteiger partial charge in [-0.2, -0.15) is 0 Å². The van der Waals surface area contributed by atoms with E-state index in [1.807, 2.05) is 6.92 Å². The number of carbonyl (C=O) groups excluding carboxylic acids is 2. The Hall–Kier alpha value is -2.46. The van der Waals surface area contributed by atoms with Crippen LogP contribution in [-0.2, 0) is 24.3 Å². The van der Waals surface area contributed by atoms with E-state index in [2.05, 4.69) is 10.0 Å². The lowest BCUT2D eigenvalue weighted by atomic mass is 10.1. The lowest BCUT2D eigenvalue weighted by Gasteiger charge is -2.17. The number of nitrogens with one attached hydrogen (secondary N) is 2. The van der Waals surface area contributed by atoms with Gasteiger partial charge in [-0.15, -0.1) is 0 Å². The van der Waals surface area contributed by atoms with Crippen LogP contribution in [0.2, 0.25) is 5.02 Å². The highest BCUT2D eigenvalue weighted by Crippen LogP contribution is 2.27. The highest BCUT2D eigenvalue weighted by atomic mass is 35.5. The number of carbonyl (C=O) groups is 2. The van der Waals surface area contributed by atoms with Gasteiger partial charge in [-0.1, -0.05) is 11.6 Å². The SMILES string of the molecule is CCOCCCNS(=O)(=O)c1ccc(NC(=O)[C@@H]2CC(=O)N(c3ccc(Cl)cc3)C2)cc1. The topological polar surface area (TPSA) is 105 Å². The van der Waals surface area contributed by atoms with E-state index in [1.165, 1.54) is 24.3 Å². The van der Waals surface area contributed by atoms with E-state index in [4.69, 9.17) is 16.3 Å². The molecule has 0 unspecified atom stereocenters. The fourth-order valence-corrected chi connectivity index (χ4v) is 4.52. The van der Waals surface area contributed by atoms with Gasteiger partial charge in [0.1, 0.15) is 0 Å². The van der Waals surface area contributed by atoms with Crippen molar-refractivity contribution in [2.75, 3.05) is 36.5 Å². The zero-order valence-electron chi connectivity index (χ0n) is 17.7. The summed E-state index contributed by atoms with van der Waals surface area (Å²) < 4.78 is 32.4. The van der Waals surface area contributed by atoms with Gasteiger partial charge in [0.05, 0.1) is 10.8 Å². The fourth-order valence-electron chi connectivity index (χ4n) is 3.32. The number of hydrogen-bond acceptors (Lipinski definition) is 5. The summed E-state index contributed by atoms with van der Waals surface area (Å²) in [5.74, 6) is -0.933. The van der Waals surface area contributed by atoms with Crippen LogP contribution in [0.5, 0.6) is 0 Å². The standard InChI is InChI=1S/C22H26ClN3O5S/c1-2-31-13-3-12-24-32(29,30)20-10-6-18(7-11-20)25-22(28)16-14-21(27)26(15-16)19-8-4-17(23)5-9-19/h4-11,16,24H,2-3,12-15H2,1H3,(H,25,28)/t16-/m1/s1. The summed E-state index contributed by atoms with van der Waals surface area (Å²) in [6.45, 7) is 3.51. The van der Waals surface area contributed by atoms with Gasteiger partial charge in [-0.25, -0.2) is 13.1 Å². The molecular weight excluding hydrogens is 454 g/mol. The summed E-state index contributed by atoms with van der Waals surface area (Å²) in [5, 5.41) is 3.33. The molecule has 1 fully saturated rings. The number of amides is 2. The van der Waals surface area contributed by atoms with E-state index >= 15 is 0 Å². The molecule has 2 N–H and O–H groups in total. The summed E-state index contributed by atoms with van der Waals surface area (Å²) in [6, 6.07) is 12.8. The Bertz CT molecular complexity index is 1040. The molecule has 0 aliphatic carbocycles. The third-order valence-electron chi connectivity index (χ3n) is 5.03. The lowest BCUT2D eigenvalue weighted by molar-refractivity contribution is -0.122. The van der Waals surface area contributed by atoms with Crippen LogP contribution in [0.4, 0.5) is 11.4 Å². The normalized spacial score (nSPS) is 16.4. The first kappa shape index (κ1) is 24.2. The highest BCUT2D eigenvalue weighted by Gasteiger charge is 2.35. The van der Waals surface area contributed by atoms with Gasteiger partial charge in [-0.05, 0) is 61.9 Å². The van der Waals surface area contributed by atoms with Crippen molar-refractivity contribution in [2.45, 2.75) is 24.7 Å². The molecule has 0 bridgehead atoms. The van der Waals surface area contributed by atoms with Crippen molar-refractivity contribution in [3.05, 3.63) is 53.6 Å². The second-order valence-electron chi connectivity index (χ2n) is 7.34. The maximum Gasteiger partial charge on any atom is 0.240 e. The molecule has 3 rings (SSSR count). The molecule has 1 atom stereocenters. The molecule has 2 aromatic carbocycles. The Balaban J connectivity index is 1.55. The minimum Gasteiger partial charge on any atom is -0.382 e. The first-order chi connectivity index (χ1) is 15.3. The van der Waals surface area contributed by atoms with E-state index in [9.17, 15) is 18.0 Å². The molecule has 0 radical (unpaired) electrons. The predicted octanol–water partition coefficient (Wildman–Crippen LogP) is 3.04. The van der Waals surface area contributed by atoms with Crippen molar-refractivity contribution >= 4 is 44.8 Å². The summed E-state index contributed by atoms with van der Waals surface area (Å²) in [4.78, 5) is 26.7. The molecule has 1 saturated heterocycles. The zero-order valence-corrected chi connectivity index (χ0v) is 19.3. The van der Waals surface area contributed by atoms with Crippen LogP contribution in [0, 0.1) is 5.92 Å². The Morgan fingerprint density at radius 3 is 2.50 bits per heavy atom. The maximum atomic E-state index is 12.6. The summed E-state index contributed by atoms with van der Waals surface area (Å²) in [5.41, 5.74) is 1.15. The number of benzene rings is 2. The zero-order chi connectivity index (χ0) is 23.1. The Morgan fingerprint density at radius 1 is 1.16 bits per heavy atom. The second kappa shape index (κ2) is 10.9. The quantitative estimate of drug-likeness (QED) is 0.509. The average molecular weight is 480 g/mol. The predicted molar refractivity (Wildman–Crippen MR) is 123 cm³/mol. The van der Waals surface area contributed by atoms with Crippen molar-refractivity contribution in [3.8, 4) is 0 Å². The Kier molecular flexibility index (Phi) is 8.25. The maximum absolute atomic E-state index is 12.6. The van der Waals surface area contributed by atoms with Crippen molar-refractivity contribution in [3.63, 3.8) is 0 Å². The molecule has 0 spiro atoms. The van der Waals surface area contributed by atoms with Crippen LogP contribution < -0.4 is 14.9 Å². The molecule has 8 nitrogen and oxygen atoms in total. The lowest BCUT2D eigenvalue weighted by Crippen LogP contribution is -2.28. The highest BCUT2D eigenvalue weighted by molar-refractivity contribution is 7.89. The minimum absolute atomic E-state index is 0.104. The molecule has 0 saturated carbocycles. The monoisotopic (exact) mass is 479 g/mol. The van der Waals surface area contributed by atoms with Crippen molar-refractivity contribution < 1.29 is 22.7 Å². The minimum atomic E-state index is -3.64. The van der Waals surface area contributed by atoms with Crippen LogP contribution in [-0.4, -0.2) is 46.5 Å². The van der Waals surface area contributed by atoms with Crippen molar-refractivity contribution in [1.82, 2.24) is 4.72 Å².